The monoisotopic (exact) mass is 332 g/mol. The number of hydrogen-bond acceptors (Lipinski definition) is 6. The molecule has 0 spiro atoms. The molecule has 128 valence electrons. The molecule has 0 radical (unpaired) electrons. The molecule has 6 nitrogen and oxygen atoms in total. The summed E-state index contributed by atoms with van der Waals surface area (Å²) < 4.78 is 10.2. The van der Waals surface area contributed by atoms with Gasteiger partial charge in [0.2, 0.25) is 0 Å². The van der Waals surface area contributed by atoms with Gasteiger partial charge in [-0.25, -0.2) is 14.5 Å². The summed E-state index contributed by atoms with van der Waals surface area (Å²) in [4.78, 5) is 29.3. The molecule has 1 aliphatic heterocycles. The highest BCUT2D eigenvalue weighted by molar-refractivity contribution is 6.06. The van der Waals surface area contributed by atoms with E-state index in [1.807, 2.05) is 18.2 Å². The first kappa shape index (κ1) is 18.0. The highest BCUT2D eigenvalue weighted by Crippen LogP contribution is 2.37. The van der Waals surface area contributed by atoms with Gasteiger partial charge in [0.25, 0.3) is 5.79 Å². The Labute approximate surface area is 140 Å². The molecule has 1 fully saturated rings. The van der Waals surface area contributed by atoms with E-state index in [0.717, 1.165) is 0 Å². The number of benzene rings is 1. The first-order valence-electron chi connectivity index (χ1n) is 7.59. The Morgan fingerprint density at radius 1 is 1.08 bits per heavy atom. The summed E-state index contributed by atoms with van der Waals surface area (Å²) in [6.07, 6.45) is 0. The summed E-state index contributed by atoms with van der Waals surface area (Å²) >= 11 is 0. The zero-order valence-electron chi connectivity index (χ0n) is 14.0. The molecule has 1 aliphatic rings. The number of ether oxygens (including phenoxy) is 2. The van der Waals surface area contributed by atoms with Crippen molar-refractivity contribution in [2.75, 3.05) is 0 Å². The lowest BCUT2D eigenvalue weighted by Gasteiger charge is -2.41. The fourth-order valence-corrected chi connectivity index (χ4v) is 2.51. The van der Waals surface area contributed by atoms with Crippen molar-refractivity contribution >= 4 is 11.9 Å². The second-order valence-electron chi connectivity index (χ2n) is 6.36. The van der Waals surface area contributed by atoms with Crippen LogP contribution in [-0.4, -0.2) is 28.6 Å². The van der Waals surface area contributed by atoms with Gasteiger partial charge in [0.15, 0.2) is 0 Å². The Balaban J connectivity index is 2.46. The maximum atomic E-state index is 12.5. The zero-order chi connectivity index (χ0) is 18.0. The van der Waals surface area contributed by atoms with Gasteiger partial charge in [-0.2, -0.15) is 0 Å². The first-order chi connectivity index (χ1) is 11.2. The van der Waals surface area contributed by atoms with Gasteiger partial charge in [-0.3, -0.25) is 5.26 Å². The summed E-state index contributed by atoms with van der Waals surface area (Å²) in [6, 6.07) is 9.06. The number of esters is 2. The Bertz CT molecular complexity index is 660. The van der Waals surface area contributed by atoms with Crippen LogP contribution >= 0.6 is 0 Å². The first-order valence-corrected chi connectivity index (χ1v) is 7.59. The molecular formula is C18H20O6. The van der Waals surface area contributed by atoms with Crippen LogP contribution in [-0.2, 0) is 24.0 Å². The largest absolute Gasteiger partial charge is 0.420 e. The molecule has 1 N–H and O–H groups in total. The lowest BCUT2D eigenvalue weighted by Crippen LogP contribution is -2.64. The second-order valence-corrected chi connectivity index (χ2v) is 6.36. The summed E-state index contributed by atoms with van der Waals surface area (Å²) in [7, 11) is 0. The Morgan fingerprint density at radius 2 is 1.62 bits per heavy atom. The van der Waals surface area contributed by atoms with Crippen LogP contribution < -0.4 is 0 Å². The van der Waals surface area contributed by atoms with Gasteiger partial charge in [0, 0.05) is 19.4 Å². The van der Waals surface area contributed by atoms with Crippen LogP contribution in [0.25, 0.3) is 0 Å². The van der Waals surface area contributed by atoms with E-state index >= 15 is 0 Å². The van der Waals surface area contributed by atoms with Crippen LogP contribution in [0, 0.1) is 23.7 Å². The molecule has 24 heavy (non-hydrogen) atoms. The molecule has 2 rings (SSSR count). The Morgan fingerprint density at radius 3 is 2.08 bits per heavy atom. The van der Waals surface area contributed by atoms with Crippen LogP contribution in [0.1, 0.15) is 33.3 Å². The van der Waals surface area contributed by atoms with Crippen LogP contribution in [0.2, 0.25) is 0 Å². The van der Waals surface area contributed by atoms with Crippen molar-refractivity contribution < 1.29 is 29.2 Å². The third-order valence-electron chi connectivity index (χ3n) is 3.68. The summed E-state index contributed by atoms with van der Waals surface area (Å²) in [5, 5.41) is 9.40. The van der Waals surface area contributed by atoms with E-state index in [1.165, 1.54) is 13.8 Å². The molecule has 1 atom stereocenters. The van der Waals surface area contributed by atoms with E-state index < -0.39 is 29.2 Å². The highest BCUT2D eigenvalue weighted by atomic mass is 17.1. The number of rotatable bonds is 3. The maximum absolute atomic E-state index is 12.5. The lowest BCUT2D eigenvalue weighted by atomic mass is 9.79. The standard InChI is InChI=1S/C18H20O6/c1-12(2)14(11-10-13-8-6-5-7-9-13)18(24-21)15(19)22-17(3,4)23-16(18)20/h5-9,12,14,21H,1-4H3. The van der Waals surface area contributed by atoms with Crippen molar-refractivity contribution in [1.82, 2.24) is 0 Å². The number of cyclic esters (lactones) is 2. The average molecular weight is 332 g/mol. The summed E-state index contributed by atoms with van der Waals surface area (Å²) in [5.74, 6) is 1.01. The molecular weight excluding hydrogens is 312 g/mol. The molecule has 0 aromatic heterocycles. The van der Waals surface area contributed by atoms with Crippen molar-refractivity contribution in [3.05, 3.63) is 35.9 Å². The topological polar surface area (TPSA) is 82.1 Å². The number of carbonyl (C=O) groups is 2. The average Bonchev–Trinajstić information content (AvgIpc) is 2.49. The van der Waals surface area contributed by atoms with Gasteiger partial charge in [-0.15, -0.1) is 0 Å². The van der Waals surface area contributed by atoms with E-state index in [1.54, 1.807) is 26.0 Å². The SMILES string of the molecule is CC(C)C(C#Cc1ccccc1)C1(OO)C(=O)OC(C)(C)OC1=O. The molecule has 0 amide bonds. The van der Waals surface area contributed by atoms with Crippen molar-refractivity contribution in [2.24, 2.45) is 11.8 Å². The lowest BCUT2D eigenvalue weighted by molar-refractivity contribution is -0.350. The number of hydrogen-bond donors (Lipinski definition) is 1. The van der Waals surface area contributed by atoms with Crippen LogP contribution in [0.5, 0.6) is 0 Å². The molecule has 0 bridgehead atoms. The molecule has 1 aromatic carbocycles. The highest BCUT2D eigenvalue weighted by Gasteiger charge is 2.63. The minimum Gasteiger partial charge on any atom is -0.420 e. The molecule has 6 heteroatoms. The van der Waals surface area contributed by atoms with Crippen LogP contribution in [0.15, 0.2) is 30.3 Å². The smallest absolute Gasteiger partial charge is 0.358 e. The van der Waals surface area contributed by atoms with Gasteiger partial charge < -0.3 is 9.47 Å². The summed E-state index contributed by atoms with van der Waals surface area (Å²) in [6.45, 7) is 6.35. The van der Waals surface area contributed by atoms with Gasteiger partial charge in [0.1, 0.15) is 0 Å². The molecule has 1 aromatic rings. The van der Waals surface area contributed by atoms with E-state index in [9.17, 15) is 14.8 Å². The fourth-order valence-electron chi connectivity index (χ4n) is 2.51. The molecule has 1 unspecified atom stereocenters. The predicted octanol–water partition coefficient (Wildman–Crippen LogP) is 2.37. The third-order valence-corrected chi connectivity index (χ3v) is 3.68. The van der Waals surface area contributed by atoms with E-state index in [-0.39, 0.29) is 5.92 Å². The van der Waals surface area contributed by atoms with Gasteiger partial charge >= 0.3 is 17.5 Å². The van der Waals surface area contributed by atoms with Gasteiger partial charge in [-0.05, 0) is 18.1 Å². The molecule has 1 heterocycles. The minimum absolute atomic E-state index is 0.297. The minimum atomic E-state index is -2.33. The van der Waals surface area contributed by atoms with E-state index in [4.69, 9.17) is 9.47 Å². The van der Waals surface area contributed by atoms with Crippen LogP contribution in [0.3, 0.4) is 0 Å². The third kappa shape index (κ3) is 3.28. The number of carbonyl (C=O) groups excluding carboxylic acids is 2. The normalized spacial score (nSPS) is 19.8. The van der Waals surface area contributed by atoms with E-state index in [0.29, 0.717) is 5.56 Å². The summed E-state index contributed by atoms with van der Waals surface area (Å²) in [5.41, 5.74) is -1.63. The van der Waals surface area contributed by atoms with E-state index in [2.05, 4.69) is 16.7 Å². The molecule has 0 saturated carbocycles. The quantitative estimate of drug-likeness (QED) is 0.301. The second kappa shape index (κ2) is 6.63. The van der Waals surface area contributed by atoms with Crippen molar-refractivity contribution in [3.8, 4) is 11.8 Å². The molecule has 0 aliphatic carbocycles. The fraction of sp³-hybridized carbons (Fsp3) is 0.444. The predicted molar refractivity (Wildman–Crippen MR) is 84.4 cm³/mol. The van der Waals surface area contributed by atoms with Crippen molar-refractivity contribution in [3.63, 3.8) is 0 Å². The Hall–Kier alpha value is -2.36. The van der Waals surface area contributed by atoms with Crippen molar-refractivity contribution in [1.29, 1.82) is 0 Å². The molecule has 1 saturated heterocycles. The van der Waals surface area contributed by atoms with Gasteiger partial charge in [-0.1, -0.05) is 43.9 Å². The van der Waals surface area contributed by atoms with Crippen LogP contribution in [0.4, 0.5) is 0 Å². The van der Waals surface area contributed by atoms with Gasteiger partial charge in [0.05, 0.1) is 5.92 Å². The Kier molecular flexibility index (Phi) is 4.97. The maximum Gasteiger partial charge on any atom is 0.358 e. The van der Waals surface area contributed by atoms with Crippen molar-refractivity contribution in [2.45, 2.75) is 39.1 Å². The zero-order valence-corrected chi connectivity index (χ0v) is 14.0.